The van der Waals surface area contributed by atoms with Gasteiger partial charge in [0, 0.05) is 23.3 Å². The zero-order valence-corrected chi connectivity index (χ0v) is 14.3. The molecular weight excluding hydrogens is 320 g/mol. The van der Waals surface area contributed by atoms with E-state index in [0.29, 0.717) is 5.71 Å². The maximum Gasteiger partial charge on any atom is 0.210 e. The molecule has 2 aromatic rings. The Bertz CT molecular complexity index is 1060. The first-order valence-corrected chi connectivity index (χ1v) is 8.90. The predicted molar refractivity (Wildman–Crippen MR) is 105 cm³/mol. The molecule has 2 heterocycles. The number of para-hydroxylation sites is 1. The van der Waals surface area contributed by atoms with Crippen molar-refractivity contribution in [2.75, 3.05) is 6.54 Å². The van der Waals surface area contributed by atoms with Crippen molar-refractivity contribution in [1.29, 1.82) is 0 Å². The molecule has 5 rings (SSSR count). The highest BCUT2D eigenvalue weighted by Gasteiger charge is 2.37. The van der Waals surface area contributed by atoms with E-state index in [-0.39, 0.29) is 11.8 Å². The molecule has 0 aromatic heterocycles. The van der Waals surface area contributed by atoms with Gasteiger partial charge in [0.05, 0.1) is 11.7 Å². The number of carbonyl (C=O) groups excluding carboxylic acids is 1. The van der Waals surface area contributed by atoms with E-state index in [4.69, 9.17) is 0 Å². The van der Waals surface area contributed by atoms with Crippen LogP contribution in [0, 0.1) is 0 Å². The lowest BCUT2D eigenvalue weighted by Gasteiger charge is -2.31. The lowest BCUT2D eigenvalue weighted by molar-refractivity contribution is -0.110. The van der Waals surface area contributed by atoms with Gasteiger partial charge < -0.3 is 5.32 Å². The van der Waals surface area contributed by atoms with Crippen molar-refractivity contribution in [1.82, 2.24) is 5.32 Å². The molecule has 0 spiro atoms. The second-order valence-electron chi connectivity index (χ2n) is 6.77. The number of fused-ring (bicyclic) bond motifs is 4. The van der Waals surface area contributed by atoms with Crippen LogP contribution in [0.4, 0.5) is 5.69 Å². The molecule has 1 unspecified atom stereocenters. The highest BCUT2D eigenvalue weighted by molar-refractivity contribution is 6.63. The van der Waals surface area contributed by atoms with Gasteiger partial charge in [-0.3, -0.25) is 4.79 Å². The van der Waals surface area contributed by atoms with E-state index in [9.17, 15) is 4.79 Å². The summed E-state index contributed by atoms with van der Waals surface area (Å²) >= 11 is 0. The molecule has 2 aromatic carbocycles. The van der Waals surface area contributed by atoms with Crippen LogP contribution in [0.2, 0.25) is 0 Å². The number of allylic oxidation sites excluding steroid dienone is 4. The van der Waals surface area contributed by atoms with Gasteiger partial charge >= 0.3 is 0 Å². The molecule has 26 heavy (non-hydrogen) atoms. The third kappa shape index (κ3) is 2.11. The molecule has 0 fully saturated rings. The quantitative estimate of drug-likeness (QED) is 0.837. The Morgan fingerprint density at radius 1 is 1.12 bits per heavy atom. The van der Waals surface area contributed by atoms with Crippen LogP contribution in [0.1, 0.15) is 22.7 Å². The number of ketones is 1. The Hall–Kier alpha value is -3.04. The Morgan fingerprint density at radius 2 is 1.92 bits per heavy atom. The molecular formula is C23H18N2O. The molecule has 0 radical (unpaired) electrons. The molecule has 3 aliphatic rings. The van der Waals surface area contributed by atoms with E-state index < -0.39 is 0 Å². The van der Waals surface area contributed by atoms with Gasteiger partial charge in [-0.2, -0.15) is 0 Å². The molecule has 1 aliphatic carbocycles. The van der Waals surface area contributed by atoms with Gasteiger partial charge in [-0.1, -0.05) is 55.1 Å². The van der Waals surface area contributed by atoms with Gasteiger partial charge in [0.1, 0.15) is 5.71 Å². The van der Waals surface area contributed by atoms with Crippen LogP contribution < -0.4 is 5.32 Å². The third-order valence-corrected chi connectivity index (χ3v) is 5.37. The normalized spacial score (nSPS) is 20.8. The largest absolute Gasteiger partial charge is 0.306 e. The summed E-state index contributed by atoms with van der Waals surface area (Å²) in [5.74, 6) is 0.00260. The Labute approximate surface area is 152 Å². The minimum Gasteiger partial charge on any atom is -0.306 e. The fraction of sp³-hybridized carbons (Fsp3) is 0.130. The van der Waals surface area contributed by atoms with Crippen molar-refractivity contribution in [2.24, 2.45) is 4.99 Å². The van der Waals surface area contributed by atoms with Crippen LogP contribution in [0.3, 0.4) is 0 Å². The smallest absolute Gasteiger partial charge is 0.210 e. The number of benzene rings is 2. The number of hydrogen-bond acceptors (Lipinski definition) is 3. The van der Waals surface area contributed by atoms with Crippen molar-refractivity contribution >= 4 is 22.8 Å². The molecule has 1 atom stereocenters. The van der Waals surface area contributed by atoms with Crippen molar-refractivity contribution in [2.45, 2.75) is 12.5 Å². The Kier molecular flexibility index (Phi) is 3.37. The van der Waals surface area contributed by atoms with E-state index in [1.165, 1.54) is 11.1 Å². The van der Waals surface area contributed by atoms with Crippen molar-refractivity contribution < 1.29 is 4.79 Å². The minimum absolute atomic E-state index is 0.00260. The first-order chi connectivity index (χ1) is 12.8. The molecule has 2 aliphatic heterocycles. The summed E-state index contributed by atoms with van der Waals surface area (Å²) in [6.07, 6.45) is 4.83. The van der Waals surface area contributed by atoms with Crippen LogP contribution in [-0.2, 0) is 11.2 Å². The van der Waals surface area contributed by atoms with E-state index >= 15 is 0 Å². The van der Waals surface area contributed by atoms with Crippen LogP contribution in [0.15, 0.2) is 83.4 Å². The molecule has 126 valence electrons. The van der Waals surface area contributed by atoms with E-state index in [0.717, 1.165) is 40.9 Å². The fourth-order valence-corrected chi connectivity index (χ4v) is 4.15. The molecule has 0 saturated heterocycles. The molecule has 0 amide bonds. The minimum atomic E-state index is -0.121. The SMILES string of the molecule is C=CC1=C(C2NCCc3ccccc32)C(=O)C2=Nc3ccccc3C2=C1. The van der Waals surface area contributed by atoms with Crippen molar-refractivity contribution in [3.05, 3.63) is 95.1 Å². The summed E-state index contributed by atoms with van der Waals surface area (Å²) in [5.41, 5.74) is 7.46. The number of nitrogens with zero attached hydrogens (tertiary/aromatic N) is 1. The highest BCUT2D eigenvalue weighted by atomic mass is 16.1. The summed E-state index contributed by atoms with van der Waals surface area (Å²) in [4.78, 5) is 18.1. The van der Waals surface area contributed by atoms with Gasteiger partial charge in [-0.25, -0.2) is 4.99 Å². The lowest BCUT2D eigenvalue weighted by Crippen LogP contribution is -2.36. The predicted octanol–water partition coefficient (Wildman–Crippen LogP) is 4.11. The second kappa shape index (κ2) is 5.75. The highest BCUT2D eigenvalue weighted by Crippen LogP contribution is 2.42. The van der Waals surface area contributed by atoms with Crippen LogP contribution in [0.25, 0.3) is 5.57 Å². The monoisotopic (exact) mass is 338 g/mol. The molecule has 0 bridgehead atoms. The van der Waals surface area contributed by atoms with Crippen LogP contribution >= 0.6 is 0 Å². The summed E-state index contributed by atoms with van der Waals surface area (Å²) in [6.45, 7) is 4.82. The van der Waals surface area contributed by atoms with E-state index in [1.807, 2.05) is 30.3 Å². The second-order valence-corrected chi connectivity index (χ2v) is 6.77. The van der Waals surface area contributed by atoms with Gasteiger partial charge in [0.2, 0.25) is 5.78 Å². The van der Waals surface area contributed by atoms with Crippen molar-refractivity contribution in [3.63, 3.8) is 0 Å². The van der Waals surface area contributed by atoms with E-state index in [2.05, 4.69) is 41.2 Å². The molecule has 1 N–H and O–H groups in total. The third-order valence-electron chi connectivity index (χ3n) is 5.37. The number of carbonyl (C=O) groups is 1. The molecule has 3 heteroatoms. The Balaban J connectivity index is 1.69. The van der Waals surface area contributed by atoms with Gasteiger partial charge in [-0.05, 0) is 35.3 Å². The summed E-state index contributed by atoms with van der Waals surface area (Å²) in [7, 11) is 0. The molecule has 3 nitrogen and oxygen atoms in total. The van der Waals surface area contributed by atoms with Gasteiger partial charge in [0.15, 0.2) is 0 Å². The van der Waals surface area contributed by atoms with Gasteiger partial charge in [0.25, 0.3) is 0 Å². The van der Waals surface area contributed by atoms with Crippen molar-refractivity contribution in [3.8, 4) is 0 Å². The van der Waals surface area contributed by atoms with Crippen LogP contribution in [0.5, 0.6) is 0 Å². The number of hydrogen-bond donors (Lipinski definition) is 1. The first kappa shape index (κ1) is 15.2. The fourth-order valence-electron chi connectivity index (χ4n) is 4.15. The number of rotatable bonds is 2. The zero-order valence-electron chi connectivity index (χ0n) is 14.3. The lowest BCUT2D eigenvalue weighted by atomic mass is 9.80. The summed E-state index contributed by atoms with van der Waals surface area (Å²) in [5, 5.41) is 3.53. The first-order valence-electron chi connectivity index (χ1n) is 8.90. The number of aliphatic imine (C=N–C) groups is 1. The summed E-state index contributed by atoms with van der Waals surface area (Å²) < 4.78 is 0. The van der Waals surface area contributed by atoms with Crippen LogP contribution in [-0.4, -0.2) is 18.0 Å². The average molecular weight is 338 g/mol. The standard InChI is InChI=1S/C23H18N2O/c1-2-14-13-18-17-9-5-6-10-19(17)25-22(18)23(26)20(14)21-16-8-4-3-7-15(16)11-12-24-21/h2-10,13,21,24H,1,11-12H2. The molecule has 0 saturated carbocycles. The van der Waals surface area contributed by atoms with E-state index in [1.54, 1.807) is 6.08 Å². The number of nitrogens with one attached hydrogen (secondary N) is 1. The maximum atomic E-state index is 13.4. The average Bonchev–Trinajstić information content (AvgIpc) is 3.07. The Morgan fingerprint density at radius 3 is 2.81 bits per heavy atom. The zero-order chi connectivity index (χ0) is 17.7. The van der Waals surface area contributed by atoms with Gasteiger partial charge in [-0.15, -0.1) is 0 Å². The topological polar surface area (TPSA) is 41.5 Å². The number of Topliss-reactive ketones (excluding diaryl/α,β-unsaturated/α-hetero) is 1. The maximum absolute atomic E-state index is 13.4. The summed E-state index contributed by atoms with van der Waals surface area (Å²) in [6, 6.07) is 16.1.